The molecule has 1 aliphatic rings. The van der Waals surface area contributed by atoms with Gasteiger partial charge in [-0.05, 0) is 37.5 Å². The number of sulfonamides is 1. The Morgan fingerprint density at radius 3 is 2.57 bits per heavy atom. The van der Waals surface area contributed by atoms with Gasteiger partial charge in [0, 0.05) is 19.1 Å². The van der Waals surface area contributed by atoms with Crippen molar-refractivity contribution in [3.05, 3.63) is 29.8 Å². The zero-order chi connectivity index (χ0) is 15.5. The molecule has 6 nitrogen and oxygen atoms in total. The molecule has 1 aromatic rings. The number of nitrogens with zero attached hydrogens (tertiary/aromatic N) is 1. The first-order valence-corrected chi connectivity index (χ1v) is 8.29. The SMILES string of the molecule is COC(=O)NC1CCN(S(=O)(=O)c2cccc(C)c2)CC1. The second kappa shape index (κ2) is 6.44. The predicted molar refractivity (Wildman–Crippen MR) is 78.5 cm³/mol. The average molecular weight is 312 g/mol. The van der Waals surface area contributed by atoms with Crippen molar-refractivity contribution in [1.82, 2.24) is 9.62 Å². The van der Waals surface area contributed by atoms with E-state index in [0.29, 0.717) is 30.8 Å². The number of piperidine rings is 1. The van der Waals surface area contributed by atoms with Gasteiger partial charge in [-0.3, -0.25) is 0 Å². The molecule has 1 N–H and O–H groups in total. The van der Waals surface area contributed by atoms with Gasteiger partial charge in [0.1, 0.15) is 0 Å². The summed E-state index contributed by atoms with van der Waals surface area (Å²) in [6.07, 6.45) is 0.690. The summed E-state index contributed by atoms with van der Waals surface area (Å²) in [5, 5.41) is 2.71. The van der Waals surface area contributed by atoms with Crippen molar-refractivity contribution in [3.63, 3.8) is 0 Å². The molecule has 116 valence electrons. The van der Waals surface area contributed by atoms with Crippen LogP contribution >= 0.6 is 0 Å². The normalized spacial score (nSPS) is 17.4. The molecule has 7 heteroatoms. The van der Waals surface area contributed by atoms with E-state index >= 15 is 0 Å². The first-order chi connectivity index (χ1) is 9.93. The Morgan fingerprint density at radius 1 is 1.33 bits per heavy atom. The van der Waals surface area contributed by atoms with Gasteiger partial charge in [0.2, 0.25) is 10.0 Å². The molecule has 0 radical (unpaired) electrons. The summed E-state index contributed by atoms with van der Waals surface area (Å²) in [5.74, 6) is 0. The quantitative estimate of drug-likeness (QED) is 0.918. The minimum Gasteiger partial charge on any atom is -0.453 e. The molecule has 0 unspecified atom stereocenters. The van der Waals surface area contributed by atoms with E-state index in [1.165, 1.54) is 11.4 Å². The highest BCUT2D eigenvalue weighted by Crippen LogP contribution is 2.21. The fraction of sp³-hybridized carbons (Fsp3) is 0.500. The fourth-order valence-electron chi connectivity index (χ4n) is 2.39. The van der Waals surface area contributed by atoms with Crippen molar-refractivity contribution in [3.8, 4) is 0 Å². The van der Waals surface area contributed by atoms with E-state index in [-0.39, 0.29) is 6.04 Å². The molecule has 1 saturated heterocycles. The molecule has 21 heavy (non-hydrogen) atoms. The molecule has 2 rings (SSSR count). The Bertz CT molecular complexity index is 607. The van der Waals surface area contributed by atoms with Crippen molar-refractivity contribution in [2.45, 2.75) is 30.7 Å². The standard InChI is InChI=1S/C14H20N2O4S/c1-11-4-3-5-13(10-11)21(18,19)16-8-6-12(7-9-16)15-14(17)20-2/h3-5,10,12H,6-9H2,1-2H3,(H,15,17). The molecule has 1 heterocycles. The molecule has 0 bridgehead atoms. The lowest BCUT2D eigenvalue weighted by molar-refractivity contribution is 0.161. The van der Waals surface area contributed by atoms with Crippen molar-refractivity contribution < 1.29 is 17.9 Å². The van der Waals surface area contributed by atoms with Gasteiger partial charge < -0.3 is 10.1 Å². The van der Waals surface area contributed by atoms with Crippen LogP contribution in [0.4, 0.5) is 4.79 Å². The number of amides is 1. The van der Waals surface area contributed by atoms with E-state index in [0.717, 1.165) is 5.56 Å². The largest absolute Gasteiger partial charge is 0.453 e. The van der Waals surface area contributed by atoms with Crippen molar-refractivity contribution in [1.29, 1.82) is 0 Å². The van der Waals surface area contributed by atoms with Crippen LogP contribution in [-0.2, 0) is 14.8 Å². The van der Waals surface area contributed by atoms with Gasteiger partial charge in [0.05, 0.1) is 12.0 Å². The molecular weight excluding hydrogens is 292 g/mol. The topological polar surface area (TPSA) is 75.7 Å². The third-order valence-electron chi connectivity index (χ3n) is 3.59. The van der Waals surface area contributed by atoms with E-state index in [1.54, 1.807) is 18.2 Å². The van der Waals surface area contributed by atoms with Crippen LogP contribution in [0.5, 0.6) is 0 Å². The molecule has 0 saturated carbocycles. The first kappa shape index (κ1) is 15.8. The maximum atomic E-state index is 12.5. The number of hydrogen-bond donors (Lipinski definition) is 1. The lowest BCUT2D eigenvalue weighted by Crippen LogP contribution is -2.46. The Balaban J connectivity index is 2.03. The van der Waals surface area contributed by atoms with Gasteiger partial charge in [-0.2, -0.15) is 4.31 Å². The number of rotatable bonds is 3. The third-order valence-corrected chi connectivity index (χ3v) is 5.48. The number of carbonyl (C=O) groups excluding carboxylic acids is 1. The third kappa shape index (κ3) is 3.74. The molecule has 1 aromatic carbocycles. The number of alkyl carbamates (subject to hydrolysis) is 1. The number of methoxy groups -OCH3 is 1. The van der Waals surface area contributed by atoms with Crippen LogP contribution in [0, 0.1) is 6.92 Å². The Kier molecular flexibility index (Phi) is 4.84. The van der Waals surface area contributed by atoms with Crippen molar-refractivity contribution in [2.75, 3.05) is 20.2 Å². The summed E-state index contributed by atoms with van der Waals surface area (Å²) >= 11 is 0. The van der Waals surface area contributed by atoms with E-state index in [9.17, 15) is 13.2 Å². The zero-order valence-electron chi connectivity index (χ0n) is 12.2. The summed E-state index contributed by atoms with van der Waals surface area (Å²) in [7, 11) is -2.14. The maximum absolute atomic E-state index is 12.5. The highest BCUT2D eigenvalue weighted by molar-refractivity contribution is 7.89. The van der Waals surface area contributed by atoms with Gasteiger partial charge in [0.25, 0.3) is 0 Å². The minimum atomic E-state index is -3.45. The second-order valence-electron chi connectivity index (χ2n) is 5.13. The number of aryl methyl sites for hydroxylation is 1. The Morgan fingerprint density at radius 2 is 2.00 bits per heavy atom. The summed E-state index contributed by atoms with van der Waals surface area (Å²) < 4.78 is 31.1. The van der Waals surface area contributed by atoms with Gasteiger partial charge >= 0.3 is 6.09 Å². The summed E-state index contributed by atoms with van der Waals surface area (Å²) in [4.78, 5) is 11.5. The molecule has 1 aliphatic heterocycles. The Hall–Kier alpha value is -1.60. The zero-order valence-corrected chi connectivity index (χ0v) is 13.0. The number of hydrogen-bond acceptors (Lipinski definition) is 4. The van der Waals surface area contributed by atoms with E-state index in [4.69, 9.17) is 0 Å². The number of benzene rings is 1. The molecule has 1 fully saturated rings. The summed E-state index contributed by atoms with van der Waals surface area (Å²) in [5.41, 5.74) is 0.915. The van der Waals surface area contributed by atoms with Crippen LogP contribution < -0.4 is 5.32 Å². The summed E-state index contributed by atoms with van der Waals surface area (Å²) in [6, 6.07) is 6.86. The lowest BCUT2D eigenvalue weighted by Gasteiger charge is -2.31. The first-order valence-electron chi connectivity index (χ1n) is 6.85. The molecule has 0 aliphatic carbocycles. The van der Waals surface area contributed by atoms with Crippen LogP contribution in [0.15, 0.2) is 29.2 Å². The van der Waals surface area contributed by atoms with Crippen LogP contribution in [0.3, 0.4) is 0 Å². The van der Waals surface area contributed by atoms with Crippen molar-refractivity contribution in [2.24, 2.45) is 0 Å². The number of carbonyl (C=O) groups is 1. The highest BCUT2D eigenvalue weighted by Gasteiger charge is 2.29. The van der Waals surface area contributed by atoms with E-state index in [2.05, 4.69) is 10.1 Å². The van der Waals surface area contributed by atoms with Crippen LogP contribution in [0.25, 0.3) is 0 Å². The minimum absolute atomic E-state index is 0.0404. The maximum Gasteiger partial charge on any atom is 0.407 e. The summed E-state index contributed by atoms with van der Waals surface area (Å²) in [6.45, 7) is 2.65. The Labute approximate surface area is 125 Å². The molecule has 0 aromatic heterocycles. The van der Waals surface area contributed by atoms with Crippen LogP contribution in [0.2, 0.25) is 0 Å². The van der Waals surface area contributed by atoms with E-state index < -0.39 is 16.1 Å². The monoisotopic (exact) mass is 312 g/mol. The second-order valence-corrected chi connectivity index (χ2v) is 7.07. The van der Waals surface area contributed by atoms with Gasteiger partial charge in [-0.25, -0.2) is 13.2 Å². The van der Waals surface area contributed by atoms with Crippen LogP contribution in [0.1, 0.15) is 18.4 Å². The molecular formula is C14H20N2O4S. The van der Waals surface area contributed by atoms with E-state index in [1.807, 2.05) is 13.0 Å². The average Bonchev–Trinajstić information content (AvgIpc) is 2.47. The molecule has 1 amide bonds. The highest BCUT2D eigenvalue weighted by atomic mass is 32.2. The predicted octanol–water partition coefficient (Wildman–Crippen LogP) is 1.50. The number of nitrogens with one attached hydrogen (secondary N) is 1. The van der Waals surface area contributed by atoms with Gasteiger partial charge in [0.15, 0.2) is 0 Å². The fourth-order valence-corrected chi connectivity index (χ4v) is 3.97. The van der Waals surface area contributed by atoms with Gasteiger partial charge in [-0.15, -0.1) is 0 Å². The lowest BCUT2D eigenvalue weighted by atomic mass is 10.1. The van der Waals surface area contributed by atoms with Crippen molar-refractivity contribution >= 4 is 16.1 Å². The van der Waals surface area contributed by atoms with Gasteiger partial charge in [-0.1, -0.05) is 12.1 Å². The molecule has 0 spiro atoms. The number of ether oxygens (including phenoxy) is 1. The smallest absolute Gasteiger partial charge is 0.407 e. The molecule has 0 atom stereocenters. The van der Waals surface area contributed by atoms with Crippen LogP contribution in [-0.4, -0.2) is 45.1 Å².